The number of hydrogen-bond acceptors (Lipinski definition) is 4. The number of carbonyl (C=O) groups is 2. The molecule has 0 saturated heterocycles. The van der Waals surface area contributed by atoms with E-state index in [1.54, 1.807) is 24.3 Å². The van der Waals surface area contributed by atoms with Crippen LogP contribution in [-0.4, -0.2) is 34.2 Å². The number of nitrogens with two attached hydrogens (primary N) is 2. The van der Waals surface area contributed by atoms with Crippen molar-refractivity contribution in [3.05, 3.63) is 35.9 Å². The molecule has 1 aromatic carbocycles. The predicted molar refractivity (Wildman–Crippen MR) is 69.6 cm³/mol. The lowest BCUT2D eigenvalue weighted by Crippen LogP contribution is -2.43. The molecule has 104 valence electrons. The van der Waals surface area contributed by atoms with Crippen molar-refractivity contribution < 1.29 is 19.8 Å². The van der Waals surface area contributed by atoms with Crippen molar-refractivity contribution in [2.75, 3.05) is 0 Å². The van der Waals surface area contributed by atoms with Gasteiger partial charge in [-0.3, -0.25) is 9.59 Å². The molecular formula is C13H18N2O4. The second-order valence-electron chi connectivity index (χ2n) is 4.46. The molecule has 0 heterocycles. The van der Waals surface area contributed by atoms with Gasteiger partial charge in [0.15, 0.2) is 0 Å². The van der Waals surface area contributed by atoms with Crippen molar-refractivity contribution in [1.29, 1.82) is 0 Å². The minimum Gasteiger partial charge on any atom is -0.481 e. The van der Waals surface area contributed by atoms with Crippen LogP contribution in [0.3, 0.4) is 0 Å². The molecule has 6 heteroatoms. The van der Waals surface area contributed by atoms with E-state index in [1.807, 2.05) is 6.07 Å². The molecule has 0 aliphatic heterocycles. The zero-order chi connectivity index (χ0) is 14.4. The number of rotatable bonds is 7. The maximum absolute atomic E-state index is 10.8. The van der Waals surface area contributed by atoms with Crippen LogP contribution >= 0.6 is 0 Å². The largest absolute Gasteiger partial charge is 0.481 e. The molecule has 2 unspecified atom stereocenters. The lowest BCUT2D eigenvalue weighted by Gasteiger charge is -2.28. The summed E-state index contributed by atoms with van der Waals surface area (Å²) in [6.45, 7) is 0. The Morgan fingerprint density at radius 2 is 1.37 bits per heavy atom. The third-order valence-corrected chi connectivity index (χ3v) is 2.93. The quantitative estimate of drug-likeness (QED) is 0.565. The van der Waals surface area contributed by atoms with Crippen molar-refractivity contribution >= 4 is 11.9 Å². The lowest BCUT2D eigenvalue weighted by atomic mass is 9.83. The molecule has 0 amide bonds. The van der Waals surface area contributed by atoms with Gasteiger partial charge in [0.05, 0.1) is 12.8 Å². The Bertz CT molecular complexity index is 414. The summed E-state index contributed by atoms with van der Waals surface area (Å²) in [5.74, 6) is -2.57. The Labute approximate surface area is 111 Å². The van der Waals surface area contributed by atoms with E-state index in [1.165, 1.54) is 0 Å². The van der Waals surface area contributed by atoms with E-state index >= 15 is 0 Å². The van der Waals surface area contributed by atoms with Crippen LogP contribution in [0.1, 0.15) is 24.3 Å². The van der Waals surface area contributed by atoms with Gasteiger partial charge in [-0.1, -0.05) is 30.3 Å². The van der Waals surface area contributed by atoms with Crippen molar-refractivity contribution in [3.8, 4) is 0 Å². The Morgan fingerprint density at radius 1 is 0.947 bits per heavy atom. The van der Waals surface area contributed by atoms with Crippen molar-refractivity contribution in [1.82, 2.24) is 0 Å². The van der Waals surface area contributed by atoms with Crippen LogP contribution in [0.15, 0.2) is 30.3 Å². The first-order chi connectivity index (χ1) is 8.91. The third kappa shape index (κ3) is 4.69. The second kappa shape index (κ2) is 6.86. The summed E-state index contributed by atoms with van der Waals surface area (Å²) in [5, 5.41) is 17.6. The molecule has 0 aromatic heterocycles. The van der Waals surface area contributed by atoms with Crippen LogP contribution in [0.5, 0.6) is 0 Å². The normalized spacial score (nSPS) is 15.5. The molecule has 0 bridgehead atoms. The first-order valence-electron chi connectivity index (χ1n) is 5.91. The van der Waals surface area contributed by atoms with Crippen molar-refractivity contribution in [3.63, 3.8) is 0 Å². The summed E-state index contributed by atoms with van der Waals surface area (Å²) < 4.78 is 0. The fourth-order valence-corrected chi connectivity index (χ4v) is 2.14. The topological polar surface area (TPSA) is 127 Å². The average molecular weight is 266 g/mol. The van der Waals surface area contributed by atoms with Gasteiger partial charge in [0, 0.05) is 18.0 Å². The smallest absolute Gasteiger partial charge is 0.304 e. The molecular weight excluding hydrogens is 248 g/mol. The minimum atomic E-state index is -1.03. The van der Waals surface area contributed by atoms with E-state index in [2.05, 4.69) is 0 Å². The highest BCUT2D eigenvalue weighted by molar-refractivity contribution is 5.69. The molecule has 2 atom stereocenters. The Balaban J connectivity index is 2.96. The Morgan fingerprint density at radius 3 is 1.74 bits per heavy atom. The predicted octanol–water partition coefficient (Wildman–Crippen LogP) is 0.374. The van der Waals surface area contributed by atoms with Gasteiger partial charge in [0.25, 0.3) is 0 Å². The van der Waals surface area contributed by atoms with Gasteiger partial charge in [-0.25, -0.2) is 0 Å². The molecule has 0 fully saturated rings. The maximum atomic E-state index is 10.8. The minimum absolute atomic E-state index is 0.257. The van der Waals surface area contributed by atoms with E-state index in [0.29, 0.717) is 0 Å². The maximum Gasteiger partial charge on any atom is 0.304 e. The van der Waals surface area contributed by atoms with Crippen LogP contribution in [0.2, 0.25) is 0 Å². The molecule has 1 rings (SSSR count). The van der Waals surface area contributed by atoms with E-state index in [9.17, 15) is 9.59 Å². The SMILES string of the molecule is NC(CC(=O)O)C(c1ccccc1)C(N)CC(=O)O. The van der Waals surface area contributed by atoms with E-state index in [0.717, 1.165) is 5.56 Å². The van der Waals surface area contributed by atoms with Crippen LogP contribution in [0.4, 0.5) is 0 Å². The van der Waals surface area contributed by atoms with Gasteiger partial charge in [0.2, 0.25) is 0 Å². The third-order valence-electron chi connectivity index (χ3n) is 2.93. The number of benzene rings is 1. The van der Waals surface area contributed by atoms with Crippen LogP contribution in [0.25, 0.3) is 0 Å². The van der Waals surface area contributed by atoms with Gasteiger partial charge in [-0.2, -0.15) is 0 Å². The molecule has 0 aliphatic carbocycles. The van der Waals surface area contributed by atoms with E-state index < -0.39 is 29.9 Å². The summed E-state index contributed by atoms with van der Waals surface area (Å²) in [6, 6.07) is 7.46. The highest BCUT2D eigenvalue weighted by Crippen LogP contribution is 2.25. The highest BCUT2D eigenvalue weighted by Gasteiger charge is 2.29. The van der Waals surface area contributed by atoms with Crippen molar-refractivity contribution in [2.24, 2.45) is 11.5 Å². The van der Waals surface area contributed by atoms with Crippen molar-refractivity contribution in [2.45, 2.75) is 30.8 Å². The molecule has 1 aromatic rings. The van der Waals surface area contributed by atoms with Gasteiger partial charge in [0.1, 0.15) is 0 Å². The molecule has 0 aliphatic rings. The zero-order valence-electron chi connectivity index (χ0n) is 10.4. The number of hydrogen-bond donors (Lipinski definition) is 4. The Kier molecular flexibility index (Phi) is 5.47. The zero-order valence-corrected chi connectivity index (χ0v) is 10.4. The van der Waals surface area contributed by atoms with Gasteiger partial charge < -0.3 is 21.7 Å². The fourth-order valence-electron chi connectivity index (χ4n) is 2.14. The first-order valence-corrected chi connectivity index (χ1v) is 5.91. The summed E-state index contributed by atoms with van der Waals surface area (Å²) in [7, 11) is 0. The van der Waals surface area contributed by atoms with Crippen LogP contribution in [-0.2, 0) is 9.59 Å². The first kappa shape index (κ1) is 15.1. The molecule has 19 heavy (non-hydrogen) atoms. The highest BCUT2D eigenvalue weighted by atomic mass is 16.4. The summed E-state index contributed by atoms with van der Waals surface area (Å²) in [4.78, 5) is 21.5. The van der Waals surface area contributed by atoms with E-state index in [-0.39, 0.29) is 12.8 Å². The van der Waals surface area contributed by atoms with E-state index in [4.69, 9.17) is 21.7 Å². The van der Waals surface area contributed by atoms with Gasteiger partial charge in [-0.15, -0.1) is 0 Å². The van der Waals surface area contributed by atoms with Crippen LogP contribution < -0.4 is 11.5 Å². The molecule has 6 nitrogen and oxygen atoms in total. The molecule has 0 spiro atoms. The second-order valence-corrected chi connectivity index (χ2v) is 4.46. The van der Waals surface area contributed by atoms with Gasteiger partial charge in [-0.05, 0) is 5.56 Å². The average Bonchev–Trinajstić information content (AvgIpc) is 2.28. The monoisotopic (exact) mass is 266 g/mol. The molecule has 6 N–H and O–H groups in total. The summed E-state index contributed by atoms with van der Waals surface area (Å²) in [6.07, 6.45) is -0.514. The summed E-state index contributed by atoms with van der Waals surface area (Å²) >= 11 is 0. The standard InChI is InChI=1S/C13H18N2O4/c14-9(6-11(16)17)13(10(15)7-12(18)19)8-4-2-1-3-5-8/h1-5,9-10,13H,6-7,14-15H2,(H,16,17)(H,18,19). The number of carboxylic acids is 2. The molecule has 0 radical (unpaired) electrons. The number of aliphatic carboxylic acids is 2. The lowest BCUT2D eigenvalue weighted by molar-refractivity contribution is -0.137. The fraction of sp³-hybridized carbons (Fsp3) is 0.385. The summed E-state index contributed by atoms with van der Waals surface area (Å²) in [5.41, 5.74) is 12.5. The van der Waals surface area contributed by atoms with Gasteiger partial charge >= 0.3 is 11.9 Å². The molecule has 0 saturated carbocycles. The van der Waals surface area contributed by atoms with Crippen LogP contribution in [0, 0.1) is 0 Å². The number of carboxylic acid groups (broad SMARTS) is 2. The Hall–Kier alpha value is -1.92.